The maximum atomic E-state index is 12.7. The van der Waals surface area contributed by atoms with Crippen molar-refractivity contribution in [1.29, 1.82) is 0 Å². The average Bonchev–Trinajstić information content (AvgIpc) is 2.72. The molecule has 2 N–H and O–H groups in total. The monoisotopic (exact) mass is 436 g/mol. The number of unbranched alkanes of at least 4 members (excludes halogenated alkanes) is 1. The van der Waals surface area contributed by atoms with Crippen LogP contribution in [-0.2, 0) is 15.3 Å². The van der Waals surface area contributed by atoms with E-state index in [1.165, 1.54) is 19.4 Å². The van der Waals surface area contributed by atoms with Gasteiger partial charge in [-0.25, -0.2) is 8.42 Å². The van der Waals surface area contributed by atoms with Gasteiger partial charge in [-0.2, -0.15) is 0 Å². The van der Waals surface area contributed by atoms with Crippen molar-refractivity contribution in [3.05, 3.63) is 29.8 Å². The molecule has 1 saturated heterocycles. The van der Waals surface area contributed by atoms with Crippen LogP contribution < -0.4 is 10.6 Å². The Labute approximate surface area is 183 Å². The Kier molecular flexibility index (Phi) is 9.16. The summed E-state index contributed by atoms with van der Waals surface area (Å²) in [6.07, 6.45) is 4.67. The summed E-state index contributed by atoms with van der Waals surface area (Å²) < 4.78 is 25.3. The summed E-state index contributed by atoms with van der Waals surface area (Å²) in [5.41, 5.74) is 1.14. The lowest BCUT2D eigenvalue weighted by Gasteiger charge is -2.33. The van der Waals surface area contributed by atoms with Crippen LogP contribution in [0.1, 0.15) is 58.9 Å². The third-order valence-electron chi connectivity index (χ3n) is 5.72. The van der Waals surface area contributed by atoms with Crippen LogP contribution in [0.25, 0.3) is 0 Å². The molecule has 1 fully saturated rings. The van der Waals surface area contributed by atoms with Gasteiger partial charge in [-0.1, -0.05) is 46.2 Å². The van der Waals surface area contributed by atoms with Gasteiger partial charge in [0.25, 0.3) is 0 Å². The molecule has 1 aromatic rings. The lowest BCUT2D eigenvalue weighted by atomic mass is 9.87. The molecule has 1 aliphatic rings. The Hall–Kier alpha value is -1.60. The van der Waals surface area contributed by atoms with E-state index in [-0.39, 0.29) is 11.2 Å². The average molecular weight is 437 g/mol. The highest BCUT2D eigenvalue weighted by atomic mass is 32.2. The molecular formula is C23H40N4O2S. The fourth-order valence-corrected chi connectivity index (χ4v) is 4.81. The maximum absolute atomic E-state index is 12.7. The number of hydrogen-bond donors (Lipinski definition) is 2. The molecule has 2 rings (SSSR count). The van der Waals surface area contributed by atoms with Gasteiger partial charge in [0.15, 0.2) is 15.8 Å². The van der Waals surface area contributed by atoms with Crippen molar-refractivity contribution in [2.75, 3.05) is 39.0 Å². The third kappa shape index (κ3) is 7.58. The van der Waals surface area contributed by atoms with Crippen LogP contribution in [0, 0.1) is 0 Å². The first-order chi connectivity index (χ1) is 14.2. The minimum atomic E-state index is -3.33. The number of hydrogen-bond acceptors (Lipinski definition) is 4. The Morgan fingerprint density at radius 1 is 1.17 bits per heavy atom. The molecule has 30 heavy (non-hydrogen) atoms. The van der Waals surface area contributed by atoms with Crippen molar-refractivity contribution in [3.8, 4) is 0 Å². The fraction of sp³-hybridized carbons (Fsp3) is 0.696. The Balaban J connectivity index is 1.80. The number of guanidine groups is 1. The fourth-order valence-electron chi connectivity index (χ4n) is 3.65. The minimum absolute atomic E-state index is 0.00809. The molecule has 0 radical (unpaired) electrons. The van der Waals surface area contributed by atoms with E-state index in [1.54, 1.807) is 19.2 Å². The van der Waals surface area contributed by atoms with E-state index in [4.69, 9.17) is 0 Å². The van der Waals surface area contributed by atoms with E-state index < -0.39 is 9.84 Å². The van der Waals surface area contributed by atoms with E-state index >= 15 is 0 Å². The topological polar surface area (TPSA) is 73.8 Å². The zero-order chi connectivity index (χ0) is 22.2. The van der Waals surface area contributed by atoms with Crippen LogP contribution in [0.2, 0.25) is 0 Å². The first-order valence-electron chi connectivity index (χ1n) is 11.2. The number of piperidine rings is 1. The predicted molar refractivity (Wildman–Crippen MR) is 126 cm³/mol. The quantitative estimate of drug-likeness (QED) is 0.484. The molecule has 6 nitrogen and oxygen atoms in total. The second-order valence-corrected chi connectivity index (χ2v) is 11.3. The maximum Gasteiger partial charge on any atom is 0.191 e. The number of aliphatic imine (C=N–C) groups is 1. The molecule has 1 heterocycles. The minimum Gasteiger partial charge on any atom is -0.355 e. The Bertz CT molecular complexity index is 774. The van der Waals surface area contributed by atoms with Crippen LogP contribution in [0.3, 0.4) is 0 Å². The van der Waals surface area contributed by atoms with E-state index in [0.29, 0.717) is 23.4 Å². The van der Waals surface area contributed by atoms with Gasteiger partial charge in [0, 0.05) is 32.7 Å². The van der Waals surface area contributed by atoms with Crippen molar-refractivity contribution in [3.63, 3.8) is 0 Å². The van der Waals surface area contributed by atoms with Gasteiger partial charge in [0.05, 0.1) is 10.6 Å². The van der Waals surface area contributed by atoms with E-state index in [0.717, 1.165) is 31.5 Å². The number of sulfone groups is 1. The van der Waals surface area contributed by atoms with Gasteiger partial charge in [-0.05, 0) is 48.9 Å². The summed E-state index contributed by atoms with van der Waals surface area (Å²) in [5, 5.41) is 6.62. The van der Waals surface area contributed by atoms with Crippen molar-refractivity contribution in [2.24, 2.45) is 4.99 Å². The Morgan fingerprint density at radius 2 is 1.80 bits per heavy atom. The molecule has 0 saturated carbocycles. The highest BCUT2D eigenvalue weighted by Crippen LogP contribution is 2.23. The number of nitrogens with zero attached hydrogens (tertiary/aromatic N) is 2. The molecule has 0 bridgehead atoms. The summed E-state index contributed by atoms with van der Waals surface area (Å²) in [6, 6.07) is 7.64. The second-order valence-electron chi connectivity index (χ2n) is 9.21. The first-order valence-corrected chi connectivity index (χ1v) is 12.8. The van der Waals surface area contributed by atoms with Crippen molar-refractivity contribution in [2.45, 2.75) is 69.7 Å². The smallest absolute Gasteiger partial charge is 0.191 e. The Morgan fingerprint density at radius 3 is 2.33 bits per heavy atom. The lowest BCUT2D eigenvalue weighted by Crippen LogP contribution is -2.49. The molecular weight excluding hydrogens is 396 g/mol. The predicted octanol–water partition coefficient (Wildman–Crippen LogP) is 3.19. The van der Waals surface area contributed by atoms with E-state index in [1.807, 2.05) is 12.1 Å². The normalized spacial score (nSPS) is 17.2. The largest absolute Gasteiger partial charge is 0.355 e. The standard InChI is InChI=1S/C23H40N4O2S/c1-6-7-15-27-16-12-20(13-17-27)26-22(24-5)25-14-18-30(28,29)21-10-8-19(9-11-21)23(2,3)4/h8-11,20H,6-7,12-18H2,1-5H3,(H2,24,25,26). The van der Waals surface area contributed by atoms with Gasteiger partial charge in [-0.3, -0.25) is 4.99 Å². The van der Waals surface area contributed by atoms with E-state index in [9.17, 15) is 8.42 Å². The molecule has 0 aromatic heterocycles. The highest BCUT2D eigenvalue weighted by Gasteiger charge is 2.20. The van der Waals surface area contributed by atoms with Gasteiger partial charge >= 0.3 is 0 Å². The van der Waals surface area contributed by atoms with Crippen LogP contribution in [0.15, 0.2) is 34.2 Å². The van der Waals surface area contributed by atoms with Gasteiger partial charge < -0.3 is 15.5 Å². The molecule has 0 aliphatic carbocycles. The molecule has 1 aromatic carbocycles. The van der Waals surface area contributed by atoms with Gasteiger partial charge in [0.2, 0.25) is 0 Å². The van der Waals surface area contributed by atoms with Crippen LogP contribution in [0.5, 0.6) is 0 Å². The molecule has 0 amide bonds. The summed E-state index contributed by atoms with van der Waals surface area (Å²) in [4.78, 5) is 7.17. The SMILES string of the molecule is CCCCN1CCC(NC(=NC)NCCS(=O)(=O)c2ccc(C(C)(C)C)cc2)CC1. The first kappa shape index (κ1) is 24.7. The van der Waals surface area contributed by atoms with Gasteiger partial charge in [0.1, 0.15) is 0 Å². The summed E-state index contributed by atoms with van der Waals surface area (Å²) in [7, 11) is -1.60. The summed E-state index contributed by atoms with van der Waals surface area (Å²) >= 11 is 0. The molecule has 0 atom stereocenters. The van der Waals surface area contributed by atoms with Crippen molar-refractivity contribution in [1.82, 2.24) is 15.5 Å². The molecule has 170 valence electrons. The summed E-state index contributed by atoms with van der Waals surface area (Å²) in [5.74, 6) is 0.721. The molecule has 1 aliphatic heterocycles. The van der Waals surface area contributed by atoms with Crippen LogP contribution >= 0.6 is 0 Å². The second kappa shape index (κ2) is 11.1. The number of rotatable bonds is 8. The summed E-state index contributed by atoms with van der Waals surface area (Å²) in [6.45, 7) is 12.3. The number of benzene rings is 1. The van der Waals surface area contributed by atoms with Crippen LogP contribution in [-0.4, -0.2) is 64.3 Å². The zero-order valence-electron chi connectivity index (χ0n) is 19.4. The number of nitrogens with one attached hydrogen (secondary N) is 2. The van der Waals surface area contributed by atoms with Crippen molar-refractivity contribution < 1.29 is 8.42 Å². The molecule has 7 heteroatoms. The van der Waals surface area contributed by atoms with Gasteiger partial charge in [-0.15, -0.1) is 0 Å². The van der Waals surface area contributed by atoms with E-state index in [2.05, 4.69) is 48.2 Å². The zero-order valence-corrected chi connectivity index (χ0v) is 20.2. The third-order valence-corrected chi connectivity index (χ3v) is 7.45. The van der Waals surface area contributed by atoms with Crippen LogP contribution in [0.4, 0.5) is 0 Å². The number of likely N-dealkylation sites (tertiary alicyclic amines) is 1. The van der Waals surface area contributed by atoms with Crippen molar-refractivity contribution >= 4 is 15.8 Å². The molecule has 0 unspecified atom stereocenters. The molecule has 0 spiro atoms. The highest BCUT2D eigenvalue weighted by molar-refractivity contribution is 7.91. The lowest BCUT2D eigenvalue weighted by molar-refractivity contribution is 0.203.